The normalized spacial score (nSPS) is 20.5. The van der Waals surface area contributed by atoms with Gasteiger partial charge in [-0.15, -0.1) is 11.6 Å². The van der Waals surface area contributed by atoms with Gasteiger partial charge in [-0.2, -0.15) is 0 Å². The lowest BCUT2D eigenvalue weighted by molar-refractivity contribution is -0.131. The van der Waals surface area contributed by atoms with Crippen LogP contribution in [0, 0.1) is 18.8 Å². The van der Waals surface area contributed by atoms with Gasteiger partial charge in [-0.25, -0.2) is 8.42 Å². The molecule has 1 saturated heterocycles. The molecule has 1 aliphatic heterocycles. The number of hydrogen-bond donors (Lipinski definition) is 0. The summed E-state index contributed by atoms with van der Waals surface area (Å²) < 4.78 is 25.5. The number of sulfone groups is 1. The third-order valence-corrected chi connectivity index (χ3v) is 7.03. The second kappa shape index (κ2) is 7.80. The van der Waals surface area contributed by atoms with E-state index < -0.39 is 15.8 Å². The summed E-state index contributed by atoms with van der Waals surface area (Å²) in [5.41, 5.74) is 2.02. The van der Waals surface area contributed by atoms with E-state index in [1.165, 1.54) is 0 Å². The smallest absolute Gasteiger partial charge is 0.227 e. The number of alkyl halides is 1. The van der Waals surface area contributed by atoms with E-state index in [9.17, 15) is 13.2 Å². The molecule has 1 fully saturated rings. The summed E-state index contributed by atoms with van der Waals surface area (Å²) in [6.07, 6.45) is 0. The zero-order valence-electron chi connectivity index (χ0n) is 14.6. The van der Waals surface area contributed by atoms with E-state index in [-0.39, 0.29) is 28.4 Å². The topological polar surface area (TPSA) is 54.5 Å². The minimum absolute atomic E-state index is 0.129. The Morgan fingerprint density at radius 3 is 2.35 bits per heavy atom. The zero-order chi connectivity index (χ0) is 18.7. The number of carbonyl (C=O) groups excluding carboxylic acids is 1. The Balaban J connectivity index is 1.77. The molecule has 4 nitrogen and oxygen atoms in total. The fourth-order valence-electron chi connectivity index (χ4n) is 3.32. The van der Waals surface area contributed by atoms with Crippen LogP contribution >= 0.6 is 11.6 Å². The number of aryl methyl sites for hydroxylation is 1. The van der Waals surface area contributed by atoms with Crippen LogP contribution in [0.5, 0.6) is 0 Å². The SMILES string of the molecule is Cc1ccc(S(=O)(=O)CC2C(=O)N(Cc3ccccc3)CC2CCl)cc1. The predicted molar refractivity (Wildman–Crippen MR) is 103 cm³/mol. The van der Waals surface area contributed by atoms with E-state index in [0.29, 0.717) is 13.1 Å². The average Bonchev–Trinajstić information content (AvgIpc) is 2.91. The molecule has 26 heavy (non-hydrogen) atoms. The lowest BCUT2D eigenvalue weighted by Crippen LogP contribution is -2.30. The number of likely N-dealkylation sites (tertiary alicyclic amines) is 1. The van der Waals surface area contributed by atoms with E-state index in [0.717, 1.165) is 11.1 Å². The van der Waals surface area contributed by atoms with Crippen molar-refractivity contribution in [2.75, 3.05) is 18.2 Å². The molecular formula is C20H22ClNO3S. The Morgan fingerprint density at radius 2 is 1.73 bits per heavy atom. The summed E-state index contributed by atoms with van der Waals surface area (Å²) in [7, 11) is -3.54. The van der Waals surface area contributed by atoms with E-state index in [1.54, 1.807) is 29.2 Å². The number of nitrogens with zero attached hydrogens (tertiary/aromatic N) is 1. The first-order valence-electron chi connectivity index (χ1n) is 8.59. The molecule has 0 aromatic heterocycles. The van der Waals surface area contributed by atoms with Gasteiger partial charge in [0.2, 0.25) is 5.91 Å². The molecule has 0 spiro atoms. The average molecular weight is 392 g/mol. The minimum Gasteiger partial charge on any atom is -0.338 e. The van der Waals surface area contributed by atoms with Crippen molar-refractivity contribution in [1.82, 2.24) is 4.90 Å². The van der Waals surface area contributed by atoms with Crippen LogP contribution in [0.25, 0.3) is 0 Å². The van der Waals surface area contributed by atoms with E-state index in [2.05, 4.69) is 0 Å². The molecule has 6 heteroatoms. The van der Waals surface area contributed by atoms with Crippen LogP contribution in [-0.2, 0) is 21.2 Å². The highest BCUT2D eigenvalue weighted by Crippen LogP contribution is 2.30. The highest BCUT2D eigenvalue weighted by Gasteiger charge is 2.42. The standard InChI is InChI=1S/C20H22ClNO3S/c1-15-7-9-18(10-8-15)26(24,25)14-19-17(11-21)13-22(20(19)23)12-16-5-3-2-4-6-16/h2-10,17,19H,11-14H2,1H3. The van der Waals surface area contributed by atoms with Crippen LogP contribution in [0.15, 0.2) is 59.5 Å². The lowest BCUT2D eigenvalue weighted by atomic mass is 10.00. The van der Waals surface area contributed by atoms with Gasteiger partial charge in [0.15, 0.2) is 9.84 Å². The number of benzene rings is 2. The first-order chi connectivity index (χ1) is 12.4. The van der Waals surface area contributed by atoms with Crippen LogP contribution in [-0.4, -0.2) is 37.4 Å². The third kappa shape index (κ3) is 4.10. The van der Waals surface area contributed by atoms with Crippen molar-refractivity contribution in [3.05, 3.63) is 65.7 Å². The predicted octanol–water partition coefficient (Wildman–Crippen LogP) is 3.28. The third-order valence-electron chi connectivity index (χ3n) is 4.85. The molecule has 138 valence electrons. The Morgan fingerprint density at radius 1 is 1.08 bits per heavy atom. The maximum atomic E-state index is 12.8. The molecule has 1 heterocycles. The number of hydrogen-bond acceptors (Lipinski definition) is 3. The first kappa shape index (κ1) is 18.9. The van der Waals surface area contributed by atoms with Crippen molar-refractivity contribution < 1.29 is 13.2 Å². The number of rotatable bonds is 6. The molecule has 0 aliphatic carbocycles. The molecule has 2 aromatic carbocycles. The fourth-order valence-corrected chi connectivity index (χ4v) is 5.27. The highest BCUT2D eigenvalue weighted by atomic mass is 35.5. The molecule has 2 atom stereocenters. The monoisotopic (exact) mass is 391 g/mol. The van der Waals surface area contributed by atoms with Crippen LogP contribution in [0.1, 0.15) is 11.1 Å². The molecular weight excluding hydrogens is 370 g/mol. The second-order valence-electron chi connectivity index (χ2n) is 6.82. The molecule has 3 rings (SSSR count). The Kier molecular flexibility index (Phi) is 5.68. The van der Waals surface area contributed by atoms with Gasteiger partial charge in [0, 0.05) is 24.9 Å². The summed E-state index contributed by atoms with van der Waals surface area (Å²) in [4.78, 5) is 14.8. The Bertz CT molecular complexity index is 866. The van der Waals surface area contributed by atoms with Crippen molar-refractivity contribution in [2.45, 2.75) is 18.4 Å². The molecule has 2 aromatic rings. The van der Waals surface area contributed by atoms with Crippen molar-refractivity contribution in [3.63, 3.8) is 0 Å². The molecule has 0 saturated carbocycles. The van der Waals surface area contributed by atoms with Crippen molar-refractivity contribution in [3.8, 4) is 0 Å². The van der Waals surface area contributed by atoms with Gasteiger partial charge in [-0.3, -0.25) is 4.79 Å². The summed E-state index contributed by atoms with van der Waals surface area (Å²) in [6, 6.07) is 16.4. The first-order valence-corrected chi connectivity index (χ1v) is 10.8. The maximum absolute atomic E-state index is 12.8. The molecule has 1 amide bonds. The molecule has 2 unspecified atom stereocenters. The summed E-state index contributed by atoms with van der Waals surface area (Å²) >= 11 is 6.06. The van der Waals surface area contributed by atoms with Crippen LogP contribution in [0.2, 0.25) is 0 Å². The Labute approximate surface area is 159 Å². The minimum atomic E-state index is -3.54. The summed E-state index contributed by atoms with van der Waals surface area (Å²) in [5.74, 6) is -0.811. The number of halogens is 1. The van der Waals surface area contributed by atoms with Gasteiger partial charge in [-0.05, 0) is 24.6 Å². The number of amides is 1. The molecule has 0 radical (unpaired) electrons. The molecule has 0 N–H and O–H groups in total. The van der Waals surface area contributed by atoms with Gasteiger partial charge in [0.1, 0.15) is 0 Å². The summed E-state index contributed by atoms with van der Waals surface area (Å²) in [5, 5.41) is 0. The number of carbonyl (C=O) groups is 1. The maximum Gasteiger partial charge on any atom is 0.227 e. The van der Waals surface area contributed by atoms with Crippen LogP contribution in [0.3, 0.4) is 0 Å². The second-order valence-corrected chi connectivity index (χ2v) is 9.16. The fraction of sp³-hybridized carbons (Fsp3) is 0.350. The van der Waals surface area contributed by atoms with Crippen molar-refractivity contribution >= 4 is 27.3 Å². The van der Waals surface area contributed by atoms with Gasteiger partial charge >= 0.3 is 0 Å². The molecule has 1 aliphatic rings. The quantitative estimate of drug-likeness (QED) is 0.710. The van der Waals surface area contributed by atoms with Crippen LogP contribution < -0.4 is 0 Å². The molecule has 0 bridgehead atoms. The summed E-state index contributed by atoms with van der Waals surface area (Å²) in [6.45, 7) is 2.88. The van der Waals surface area contributed by atoms with E-state index in [4.69, 9.17) is 11.6 Å². The van der Waals surface area contributed by atoms with Gasteiger partial charge < -0.3 is 4.90 Å². The lowest BCUT2D eigenvalue weighted by Gasteiger charge is -2.17. The van der Waals surface area contributed by atoms with E-state index in [1.807, 2.05) is 37.3 Å². The van der Waals surface area contributed by atoms with Gasteiger partial charge in [0.05, 0.1) is 16.6 Å². The van der Waals surface area contributed by atoms with E-state index >= 15 is 0 Å². The highest BCUT2D eigenvalue weighted by molar-refractivity contribution is 7.91. The van der Waals surface area contributed by atoms with Gasteiger partial charge in [-0.1, -0.05) is 48.0 Å². The van der Waals surface area contributed by atoms with Crippen LogP contribution in [0.4, 0.5) is 0 Å². The van der Waals surface area contributed by atoms with Gasteiger partial charge in [0.25, 0.3) is 0 Å². The largest absolute Gasteiger partial charge is 0.338 e. The van der Waals surface area contributed by atoms with Crippen molar-refractivity contribution in [1.29, 1.82) is 0 Å². The Hall–Kier alpha value is -1.85. The van der Waals surface area contributed by atoms with Crippen molar-refractivity contribution in [2.24, 2.45) is 11.8 Å². The zero-order valence-corrected chi connectivity index (χ0v) is 16.2.